The highest BCUT2D eigenvalue weighted by Crippen LogP contribution is 2.39. The van der Waals surface area contributed by atoms with Gasteiger partial charge in [0.05, 0.1) is 5.56 Å². The third kappa shape index (κ3) is 4.77. The van der Waals surface area contributed by atoms with Gasteiger partial charge in [-0.05, 0) is 49.1 Å². The fraction of sp³-hybridized carbons (Fsp3) is 0.650. The minimum absolute atomic E-state index is 0.105. The van der Waals surface area contributed by atoms with Gasteiger partial charge in [0.1, 0.15) is 6.07 Å². The highest BCUT2D eigenvalue weighted by atomic mass is 19.2. The van der Waals surface area contributed by atoms with Crippen molar-refractivity contribution in [2.24, 2.45) is 5.92 Å². The van der Waals surface area contributed by atoms with Crippen LogP contribution >= 0.6 is 0 Å². The molecule has 1 aliphatic rings. The average Bonchev–Trinajstić information content (AvgIpc) is 2.58. The van der Waals surface area contributed by atoms with Gasteiger partial charge in [0.2, 0.25) is 0 Å². The number of rotatable bonds is 7. The standard InChI is InChI=1S/C20H27F2N/c1-2-3-4-5-6-7-15-8-10-16(11-9-15)18-13-12-17(14-23)19(21)20(18)22/h12-13,15-16H,2-11H2,1H3/t15-,16-. The number of hydrogen-bond acceptors (Lipinski definition) is 1. The molecule has 1 aliphatic carbocycles. The first kappa shape index (κ1) is 17.9. The second kappa shape index (κ2) is 9.01. The number of nitrogens with zero attached hydrogens (tertiary/aromatic N) is 1. The molecule has 0 bridgehead atoms. The van der Waals surface area contributed by atoms with Crippen molar-refractivity contribution in [2.75, 3.05) is 0 Å². The summed E-state index contributed by atoms with van der Waals surface area (Å²) in [4.78, 5) is 0. The zero-order valence-electron chi connectivity index (χ0n) is 14.1. The maximum atomic E-state index is 14.1. The van der Waals surface area contributed by atoms with Gasteiger partial charge < -0.3 is 0 Å². The van der Waals surface area contributed by atoms with E-state index in [1.165, 1.54) is 44.6 Å². The Bertz CT molecular complexity index is 539. The molecule has 0 aliphatic heterocycles. The molecule has 0 heterocycles. The van der Waals surface area contributed by atoms with E-state index in [1.807, 2.05) is 0 Å². The van der Waals surface area contributed by atoms with E-state index in [0.717, 1.165) is 31.6 Å². The molecule has 0 amide bonds. The van der Waals surface area contributed by atoms with Crippen LogP contribution in [0.2, 0.25) is 0 Å². The van der Waals surface area contributed by atoms with Crippen LogP contribution in [0.1, 0.15) is 88.2 Å². The van der Waals surface area contributed by atoms with Crippen molar-refractivity contribution in [3.8, 4) is 6.07 Å². The molecule has 1 aromatic rings. The predicted molar refractivity (Wildman–Crippen MR) is 89.1 cm³/mol. The largest absolute Gasteiger partial charge is 0.203 e. The Morgan fingerprint density at radius 3 is 2.35 bits per heavy atom. The van der Waals surface area contributed by atoms with Crippen molar-refractivity contribution in [3.63, 3.8) is 0 Å². The summed E-state index contributed by atoms with van der Waals surface area (Å²) in [6.07, 6.45) is 11.9. The molecule has 0 aromatic heterocycles. The molecule has 1 nitrogen and oxygen atoms in total. The Labute approximate surface area is 138 Å². The molecule has 0 atom stereocenters. The summed E-state index contributed by atoms with van der Waals surface area (Å²) < 4.78 is 27.9. The van der Waals surface area contributed by atoms with Crippen LogP contribution in [0.25, 0.3) is 0 Å². The van der Waals surface area contributed by atoms with E-state index in [0.29, 0.717) is 5.56 Å². The van der Waals surface area contributed by atoms with Crippen LogP contribution in [-0.2, 0) is 0 Å². The van der Waals surface area contributed by atoms with Crippen LogP contribution in [0.5, 0.6) is 0 Å². The lowest BCUT2D eigenvalue weighted by molar-refractivity contribution is 0.297. The molecule has 3 heteroatoms. The van der Waals surface area contributed by atoms with E-state index in [9.17, 15) is 8.78 Å². The van der Waals surface area contributed by atoms with Crippen molar-refractivity contribution >= 4 is 0 Å². The summed E-state index contributed by atoms with van der Waals surface area (Å²) in [6.45, 7) is 2.23. The summed E-state index contributed by atoms with van der Waals surface area (Å²) in [5.41, 5.74) is 0.259. The fourth-order valence-electron chi connectivity index (χ4n) is 3.76. The maximum absolute atomic E-state index is 14.1. The third-order valence-corrected chi connectivity index (χ3v) is 5.24. The monoisotopic (exact) mass is 319 g/mol. The van der Waals surface area contributed by atoms with Gasteiger partial charge in [-0.1, -0.05) is 51.5 Å². The Morgan fingerprint density at radius 1 is 1.00 bits per heavy atom. The topological polar surface area (TPSA) is 23.8 Å². The Hall–Kier alpha value is -1.43. The number of benzene rings is 1. The molecule has 0 N–H and O–H groups in total. The summed E-state index contributed by atoms with van der Waals surface area (Å²) in [6, 6.07) is 4.71. The SMILES string of the molecule is CCCCCCC[C@H]1CC[C@H](c2ccc(C#N)c(F)c2F)CC1. The zero-order valence-corrected chi connectivity index (χ0v) is 14.1. The summed E-state index contributed by atoms with van der Waals surface area (Å²) in [7, 11) is 0. The summed E-state index contributed by atoms with van der Waals surface area (Å²) in [5.74, 6) is -0.942. The summed E-state index contributed by atoms with van der Waals surface area (Å²) in [5, 5.41) is 8.76. The highest BCUT2D eigenvalue weighted by molar-refractivity contribution is 5.36. The van der Waals surface area contributed by atoms with Gasteiger partial charge in [0, 0.05) is 0 Å². The van der Waals surface area contributed by atoms with Crippen LogP contribution in [-0.4, -0.2) is 0 Å². The van der Waals surface area contributed by atoms with E-state index in [2.05, 4.69) is 6.92 Å². The van der Waals surface area contributed by atoms with Crippen molar-refractivity contribution in [2.45, 2.75) is 77.0 Å². The second-order valence-electron chi connectivity index (χ2n) is 6.86. The molecule has 126 valence electrons. The van der Waals surface area contributed by atoms with Crippen LogP contribution in [0.3, 0.4) is 0 Å². The first-order chi connectivity index (χ1) is 11.2. The van der Waals surface area contributed by atoms with Gasteiger partial charge in [0.15, 0.2) is 11.6 Å². The van der Waals surface area contributed by atoms with Gasteiger partial charge in [-0.3, -0.25) is 0 Å². The molecule has 0 unspecified atom stereocenters. The molecule has 1 aromatic carbocycles. The molecule has 23 heavy (non-hydrogen) atoms. The van der Waals surface area contributed by atoms with E-state index in [1.54, 1.807) is 12.1 Å². The minimum Gasteiger partial charge on any atom is -0.203 e. The van der Waals surface area contributed by atoms with E-state index >= 15 is 0 Å². The van der Waals surface area contributed by atoms with Crippen molar-refractivity contribution < 1.29 is 8.78 Å². The van der Waals surface area contributed by atoms with Crippen molar-refractivity contribution in [1.29, 1.82) is 5.26 Å². The fourth-order valence-corrected chi connectivity index (χ4v) is 3.76. The quantitative estimate of drug-likeness (QED) is 0.528. The highest BCUT2D eigenvalue weighted by Gasteiger charge is 2.26. The van der Waals surface area contributed by atoms with Gasteiger partial charge >= 0.3 is 0 Å². The number of unbranched alkanes of at least 4 members (excludes halogenated alkanes) is 4. The lowest BCUT2D eigenvalue weighted by Gasteiger charge is -2.29. The van der Waals surface area contributed by atoms with Crippen LogP contribution in [0, 0.1) is 28.9 Å². The predicted octanol–water partition coefficient (Wildman–Crippen LogP) is 6.47. The summed E-state index contributed by atoms with van der Waals surface area (Å²) >= 11 is 0. The molecule has 2 rings (SSSR count). The van der Waals surface area contributed by atoms with E-state index in [-0.39, 0.29) is 11.5 Å². The average molecular weight is 319 g/mol. The van der Waals surface area contributed by atoms with E-state index < -0.39 is 11.6 Å². The second-order valence-corrected chi connectivity index (χ2v) is 6.86. The van der Waals surface area contributed by atoms with E-state index in [4.69, 9.17) is 5.26 Å². The lowest BCUT2D eigenvalue weighted by Crippen LogP contribution is -2.15. The Balaban J connectivity index is 1.83. The molecular weight excluding hydrogens is 292 g/mol. The number of hydrogen-bond donors (Lipinski definition) is 0. The molecule has 0 radical (unpaired) electrons. The van der Waals surface area contributed by atoms with Gasteiger partial charge in [0.25, 0.3) is 0 Å². The van der Waals surface area contributed by atoms with Crippen LogP contribution in [0.4, 0.5) is 8.78 Å². The van der Waals surface area contributed by atoms with Crippen LogP contribution in [0.15, 0.2) is 12.1 Å². The first-order valence-electron chi connectivity index (χ1n) is 9.05. The van der Waals surface area contributed by atoms with Gasteiger partial charge in [-0.15, -0.1) is 0 Å². The third-order valence-electron chi connectivity index (χ3n) is 5.24. The number of halogens is 2. The first-order valence-corrected chi connectivity index (χ1v) is 9.05. The number of nitriles is 1. The maximum Gasteiger partial charge on any atom is 0.176 e. The van der Waals surface area contributed by atoms with Gasteiger partial charge in [-0.2, -0.15) is 5.26 Å². The molecule has 1 saturated carbocycles. The molecular formula is C20H27F2N. The van der Waals surface area contributed by atoms with Crippen molar-refractivity contribution in [1.82, 2.24) is 0 Å². The molecule has 0 spiro atoms. The zero-order chi connectivity index (χ0) is 16.7. The Morgan fingerprint density at radius 2 is 1.70 bits per heavy atom. The minimum atomic E-state index is -0.983. The van der Waals surface area contributed by atoms with Crippen molar-refractivity contribution in [3.05, 3.63) is 34.9 Å². The van der Waals surface area contributed by atoms with Crippen LogP contribution < -0.4 is 0 Å². The van der Waals surface area contributed by atoms with Gasteiger partial charge in [-0.25, -0.2) is 8.78 Å². The molecule has 1 fully saturated rings. The molecule has 0 saturated heterocycles. The normalized spacial score (nSPS) is 21.1. The lowest BCUT2D eigenvalue weighted by atomic mass is 9.76. The smallest absolute Gasteiger partial charge is 0.176 e. The Kier molecular flexibility index (Phi) is 7.02.